The van der Waals surface area contributed by atoms with E-state index in [0.717, 1.165) is 34.1 Å². The number of carboxylic acid groups (broad SMARTS) is 1. The second-order valence-corrected chi connectivity index (χ2v) is 8.57. The van der Waals surface area contributed by atoms with E-state index in [-0.39, 0.29) is 12.1 Å². The van der Waals surface area contributed by atoms with Crippen LogP contribution in [0.25, 0.3) is 22.1 Å². The first-order valence-corrected chi connectivity index (χ1v) is 11.0. The summed E-state index contributed by atoms with van der Waals surface area (Å²) in [6, 6.07) is 5.49. The zero-order chi connectivity index (χ0) is 23.1. The van der Waals surface area contributed by atoms with E-state index in [1.54, 1.807) is 19.6 Å². The second kappa shape index (κ2) is 8.36. The Morgan fingerprint density at radius 3 is 3.03 bits per heavy atom. The minimum Gasteiger partial charge on any atom is -0.465 e. The van der Waals surface area contributed by atoms with Gasteiger partial charge >= 0.3 is 6.09 Å². The molecule has 2 atom stereocenters. The lowest BCUT2D eigenvalue weighted by Crippen LogP contribution is -2.38. The number of aromatic amines is 1. The van der Waals surface area contributed by atoms with E-state index in [9.17, 15) is 9.90 Å². The van der Waals surface area contributed by atoms with Crippen molar-refractivity contribution >= 4 is 51.3 Å². The van der Waals surface area contributed by atoms with Crippen LogP contribution in [0.15, 0.2) is 37.1 Å². The average Bonchev–Trinajstić information content (AvgIpc) is 3.49. The number of fused-ring (bicyclic) bond motifs is 2. The molecule has 3 N–H and O–H groups in total. The molecular weight excluding hydrogens is 444 g/mol. The van der Waals surface area contributed by atoms with Gasteiger partial charge in [0.05, 0.1) is 34.6 Å². The van der Waals surface area contributed by atoms with Gasteiger partial charge in [-0.15, -0.1) is 0 Å². The van der Waals surface area contributed by atoms with E-state index in [1.165, 1.54) is 11.2 Å². The van der Waals surface area contributed by atoms with Crippen LogP contribution in [0.4, 0.5) is 16.3 Å². The van der Waals surface area contributed by atoms with Gasteiger partial charge in [-0.3, -0.25) is 4.98 Å². The molecule has 0 bridgehead atoms. The predicted molar refractivity (Wildman–Crippen MR) is 127 cm³/mol. The fraction of sp³-hybridized carbons (Fsp3) is 0.318. The van der Waals surface area contributed by atoms with Crippen LogP contribution in [-0.4, -0.2) is 67.2 Å². The molecule has 33 heavy (non-hydrogen) atoms. The summed E-state index contributed by atoms with van der Waals surface area (Å²) in [5.74, 6) is 0.637. The van der Waals surface area contributed by atoms with Crippen LogP contribution in [-0.2, 0) is 0 Å². The minimum atomic E-state index is -0.927. The summed E-state index contributed by atoms with van der Waals surface area (Å²) in [5.41, 5.74) is 4.00. The van der Waals surface area contributed by atoms with Crippen molar-refractivity contribution in [2.75, 3.05) is 30.4 Å². The van der Waals surface area contributed by atoms with Crippen molar-refractivity contribution < 1.29 is 9.90 Å². The van der Waals surface area contributed by atoms with Crippen LogP contribution in [0.5, 0.6) is 0 Å². The Kier molecular flexibility index (Phi) is 5.37. The highest BCUT2D eigenvalue weighted by Crippen LogP contribution is 2.40. The molecule has 0 radical (unpaired) electrons. The maximum absolute atomic E-state index is 11.5. The lowest BCUT2D eigenvalue weighted by Gasteiger charge is -2.28. The topological polar surface area (TPSA) is 123 Å². The number of nitrogens with one attached hydrogen (secondary N) is 2. The molecule has 1 aromatic carbocycles. The Labute approximate surface area is 194 Å². The Balaban J connectivity index is 1.57. The lowest BCUT2D eigenvalue weighted by molar-refractivity contribution is 0.142. The standard InChI is InChI=1S/C22H23ClN8O2/c1-12(29-21-18-20(26-10-25-18)27-11-28-21)15-8-16(23)14-4-3-6-24-17(14)19(15)31-7-5-13(9-31)30(2)22(32)33/h3-4,6,8,10-13H,5,7,9H2,1-2H3,(H,32,33)(H2,25,26,27,28,29)/t12?,13-/m0/s1. The smallest absolute Gasteiger partial charge is 0.407 e. The molecule has 1 fully saturated rings. The number of halogens is 1. The van der Waals surface area contributed by atoms with Crippen molar-refractivity contribution in [3.05, 3.63) is 47.6 Å². The Bertz CT molecular complexity index is 1340. The largest absolute Gasteiger partial charge is 0.465 e. The zero-order valence-corrected chi connectivity index (χ0v) is 18.9. The lowest BCUT2D eigenvalue weighted by atomic mass is 10.0. The molecule has 3 aromatic heterocycles. The van der Waals surface area contributed by atoms with Gasteiger partial charge in [0, 0.05) is 37.3 Å². The number of hydrogen-bond donors (Lipinski definition) is 3. The molecule has 1 aliphatic heterocycles. The maximum Gasteiger partial charge on any atom is 0.407 e. The molecular formula is C22H23ClN8O2. The first-order chi connectivity index (χ1) is 15.9. The van der Waals surface area contributed by atoms with E-state index >= 15 is 0 Å². The molecule has 4 aromatic rings. The number of hydrogen-bond acceptors (Lipinski definition) is 7. The second-order valence-electron chi connectivity index (χ2n) is 8.17. The number of pyridine rings is 1. The molecule has 170 valence electrons. The molecule has 4 heterocycles. The van der Waals surface area contributed by atoms with Gasteiger partial charge in [0.2, 0.25) is 0 Å². The van der Waals surface area contributed by atoms with Gasteiger partial charge in [-0.25, -0.2) is 19.7 Å². The number of benzene rings is 1. The number of nitrogens with zero attached hydrogens (tertiary/aromatic N) is 6. The molecule has 0 aliphatic carbocycles. The van der Waals surface area contributed by atoms with E-state index in [4.69, 9.17) is 11.6 Å². The van der Waals surface area contributed by atoms with E-state index in [2.05, 4.69) is 35.1 Å². The SMILES string of the molecule is CC(Nc1ncnc2nc[nH]c12)c1cc(Cl)c2cccnc2c1N1CC[C@H](N(C)C(=O)O)C1. The van der Waals surface area contributed by atoms with E-state index in [0.29, 0.717) is 29.6 Å². The fourth-order valence-corrected chi connectivity index (χ4v) is 4.71. The van der Waals surface area contributed by atoms with Gasteiger partial charge in [-0.1, -0.05) is 11.6 Å². The number of likely N-dealkylation sites (N-methyl/N-ethyl adjacent to an activating group) is 1. The molecule has 1 aliphatic rings. The first kappa shape index (κ1) is 21.2. The molecule has 5 rings (SSSR count). The Morgan fingerprint density at radius 1 is 1.36 bits per heavy atom. The number of imidazole rings is 1. The monoisotopic (exact) mass is 466 g/mol. The van der Waals surface area contributed by atoms with E-state index in [1.807, 2.05) is 25.1 Å². The van der Waals surface area contributed by atoms with Gasteiger partial charge in [-0.2, -0.15) is 0 Å². The molecule has 1 amide bonds. The highest BCUT2D eigenvalue weighted by atomic mass is 35.5. The Morgan fingerprint density at radius 2 is 2.21 bits per heavy atom. The van der Waals surface area contributed by atoms with Crippen LogP contribution in [0, 0.1) is 0 Å². The summed E-state index contributed by atoms with van der Waals surface area (Å²) in [5, 5.41) is 14.4. The Hall–Kier alpha value is -3.66. The number of H-pyrrole nitrogens is 1. The molecule has 0 spiro atoms. The number of rotatable bonds is 5. The minimum absolute atomic E-state index is 0.0977. The summed E-state index contributed by atoms with van der Waals surface area (Å²) in [4.78, 5) is 35.6. The van der Waals surface area contributed by atoms with E-state index < -0.39 is 6.09 Å². The van der Waals surface area contributed by atoms with Gasteiger partial charge in [0.1, 0.15) is 11.8 Å². The van der Waals surface area contributed by atoms with Crippen molar-refractivity contribution in [3.63, 3.8) is 0 Å². The number of aromatic nitrogens is 5. The van der Waals surface area contributed by atoms with Crippen molar-refractivity contribution in [2.24, 2.45) is 0 Å². The molecule has 1 unspecified atom stereocenters. The van der Waals surface area contributed by atoms with Gasteiger partial charge in [0.25, 0.3) is 0 Å². The number of anilines is 2. The highest BCUT2D eigenvalue weighted by Gasteiger charge is 2.32. The van der Waals surface area contributed by atoms with Crippen molar-refractivity contribution in [3.8, 4) is 0 Å². The van der Waals surface area contributed by atoms with Crippen molar-refractivity contribution in [1.82, 2.24) is 29.8 Å². The zero-order valence-electron chi connectivity index (χ0n) is 18.2. The van der Waals surface area contributed by atoms with Crippen LogP contribution < -0.4 is 10.2 Å². The summed E-state index contributed by atoms with van der Waals surface area (Å²) in [6.07, 6.45) is 4.62. The van der Waals surface area contributed by atoms with Gasteiger partial charge < -0.3 is 25.2 Å². The third kappa shape index (κ3) is 3.76. The predicted octanol–water partition coefficient (Wildman–Crippen LogP) is 3.92. The summed E-state index contributed by atoms with van der Waals surface area (Å²) in [7, 11) is 1.62. The molecule has 11 heteroatoms. The molecule has 0 saturated carbocycles. The molecule has 10 nitrogen and oxygen atoms in total. The van der Waals surface area contributed by atoms with Crippen molar-refractivity contribution in [2.45, 2.75) is 25.4 Å². The van der Waals surface area contributed by atoms with Crippen LogP contribution in [0.2, 0.25) is 5.02 Å². The first-order valence-electron chi connectivity index (χ1n) is 10.6. The average molecular weight is 467 g/mol. The van der Waals surface area contributed by atoms with Gasteiger partial charge in [0.15, 0.2) is 11.5 Å². The van der Waals surface area contributed by atoms with Crippen LogP contribution >= 0.6 is 11.6 Å². The third-order valence-electron chi connectivity index (χ3n) is 6.22. The van der Waals surface area contributed by atoms with Crippen LogP contribution in [0.1, 0.15) is 24.9 Å². The highest BCUT2D eigenvalue weighted by molar-refractivity contribution is 6.36. The van der Waals surface area contributed by atoms with Crippen molar-refractivity contribution in [1.29, 1.82) is 0 Å². The van der Waals surface area contributed by atoms with Gasteiger partial charge in [-0.05, 0) is 31.5 Å². The summed E-state index contributed by atoms with van der Waals surface area (Å²) < 4.78 is 0. The fourth-order valence-electron chi connectivity index (χ4n) is 4.44. The number of amides is 1. The maximum atomic E-state index is 11.5. The summed E-state index contributed by atoms with van der Waals surface area (Å²) in [6.45, 7) is 3.33. The van der Waals surface area contributed by atoms with Crippen LogP contribution in [0.3, 0.4) is 0 Å². The normalized spacial score (nSPS) is 16.9. The molecule has 1 saturated heterocycles. The third-order valence-corrected chi connectivity index (χ3v) is 6.53. The number of carbonyl (C=O) groups is 1. The quantitative estimate of drug-likeness (QED) is 0.404. The summed E-state index contributed by atoms with van der Waals surface area (Å²) >= 11 is 6.67.